The van der Waals surface area contributed by atoms with Crippen LogP contribution < -0.4 is 10.6 Å². The van der Waals surface area contributed by atoms with E-state index in [4.69, 9.17) is 0 Å². The Morgan fingerprint density at radius 2 is 1.75 bits per heavy atom. The molecule has 0 aliphatic carbocycles. The lowest BCUT2D eigenvalue weighted by molar-refractivity contribution is -0.117. The van der Waals surface area contributed by atoms with Gasteiger partial charge in [0.25, 0.3) is 0 Å². The number of hydrogen-bond donors (Lipinski definition) is 2. The molecule has 8 heteroatoms. The number of hydrogen-bond acceptors (Lipinski definition) is 5. The number of nitrogens with zero attached hydrogens (tertiary/aromatic N) is 3. The van der Waals surface area contributed by atoms with Crippen molar-refractivity contribution in [2.24, 2.45) is 7.05 Å². The molecule has 0 atom stereocenters. The molecule has 0 aliphatic rings. The summed E-state index contributed by atoms with van der Waals surface area (Å²) in [5, 5.41) is 14.0. The van der Waals surface area contributed by atoms with Gasteiger partial charge in [-0.15, -0.1) is 10.2 Å². The fourth-order valence-electron chi connectivity index (χ4n) is 2.61. The van der Waals surface area contributed by atoms with Gasteiger partial charge in [-0.3, -0.25) is 10.1 Å². The van der Waals surface area contributed by atoms with Crippen LogP contribution in [0.5, 0.6) is 0 Å². The van der Waals surface area contributed by atoms with Crippen LogP contribution in [0, 0.1) is 6.92 Å². The number of thioether (sulfide) groups is 1. The molecule has 3 aromatic rings. The first-order chi connectivity index (χ1) is 13.5. The van der Waals surface area contributed by atoms with E-state index in [1.165, 1.54) is 11.8 Å². The molecule has 0 fully saturated rings. The van der Waals surface area contributed by atoms with Crippen molar-refractivity contribution < 1.29 is 9.59 Å². The molecule has 3 rings (SSSR count). The van der Waals surface area contributed by atoms with Crippen LogP contribution in [-0.4, -0.2) is 32.5 Å². The highest BCUT2D eigenvalue weighted by Gasteiger charge is 2.15. The Kier molecular flexibility index (Phi) is 6.44. The molecule has 7 nitrogen and oxygen atoms in total. The van der Waals surface area contributed by atoms with Crippen molar-refractivity contribution in [2.45, 2.75) is 18.6 Å². The Morgan fingerprint density at radius 1 is 1.04 bits per heavy atom. The summed E-state index contributed by atoms with van der Waals surface area (Å²) in [5.41, 5.74) is 3.05. The molecule has 1 heterocycles. The molecule has 0 aliphatic heterocycles. The molecule has 2 aromatic carbocycles. The molecular weight excluding hydrogens is 374 g/mol. The van der Waals surface area contributed by atoms with E-state index in [9.17, 15) is 9.59 Å². The first-order valence-corrected chi connectivity index (χ1v) is 9.73. The molecule has 0 bridgehead atoms. The second kappa shape index (κ2) is 9.18. The average Bonchev–Trinajstić information content (AvgIpc) is 3.06. The Labute approximate surface area is 167 Å². The average molecular weight is 395 g/mol. The normalized spacial score (nSPS) is 10.5. The largest absolute Gasteiger partial charge is 0.334 e. The number of benzene rings is 2. The molecule has 0 saturated heterocycles. The molecule has 0 spiro atoms. The Bertz CT molecular complexity index is 972. The fraction of sp³-hybridized carbons (Fsp3) is 0.200. The summed E-state index contributed by atoms with van der Waals surface area (Å²) in [4.78, 5) is 23.9. The maximum Gasteiger partial charge on any atom is 0.321 e. The smallest absolute Gasteiger partial charge is 0.321 e. The molecule has 0 unspecified atom stereocenters. The number of imide groups is 1. The molecule has 3 amide bonds. The monoisotopic (exact) mass is 395 g/mol. The SMILES string of the molecule is Cc1ccccc1-c1nnc(SCC(=O)NC(=O)NCc2ccccc2)n1C. The Balaban J connectivity index is 1.51. The number of nitrogens with one attached hydrogen (secondary N) is 2. The van der Waals surface area contributed by atoms with Gasteiger partial charge in [0.2, 0.25) is 5.91 Å². The van der Waals surface area contributed by atoms with Crippen LogP contribution in [0.3, 0.4) is 0 Å². The van der Waals surface area contributed by atoms with Gasteiger partial charge < -0.3 is 9.88 Å². The van der Waals surface area contributed by atoms with Crippen molar-refractivity contribution in [3.8, 4) is 11.4 Å². The summed E-state index contributed by atoms with van der Waals surface area (Å²) in [6.07, 6.45) is 0. The number of urea groups is 1. The zero-order valence-corrected chi connectivity index (χ0v) is 16.5. The third-order valence-corrected chi connectivity index (χ3v) is 5.12. The third-order valence-electron chi connectivity index (χ3n) is 4.10. The van der Waals surface area contributed by atoms with Crippen molar-refractivity contribution in [1.82, 2.24) is 25.4 Å². The van der Waals surface area contributed by atoms with E-state index in [2.05, 4.69) is 20.8 Å². The minimum Gasteiger partial charge on any atom is -0.334 e. The van der Waals surface area contributed by atoms with Crippen molar-refractivity contribution in [2.75, 3.05) is 5.75 Å². The van der Waals surface area contributed by atoms with Crippen molar-refractivity contribution in [3.63, 3.8) is 0 Å². The van der Waals surface area contributed by atoms with Gasteiger partial charge in [0, 0.05) is 19.2 Å². The Hall–Kier alpha value is -3.13. The molecule has 0 radical (unpaired) electrons. The lowest BCUT2D eigenvalue weighted by Gasteiger charge is -2.07. The van der Waals surface area contributed by atoms with Crippen molar-refractivity contribution in [3.05, 3.63) is 65.7 Å². The number of amides is 3. The van der Waals surface area contributed by atoms with E-state index in [1.54, 1.807) is 0 Å². The van der Waals surface area contributed by atoms with E-state index >= 15 is 0 Å². The summed E-state index contributed by atoms with van der Waals surface area (Å²) in [7, 11) is 1.86. The van der Waals surface area contributed by atoms with Gasteiger partial charge in [-0.2, -0.15) is 0 Å². The zero-order valence-electron chi connectivity index (χ0n) is 15.7. The third kappa shape index (κ3) is 4.98. The second-order valence-corrected chi connectivity index (χ2v) is 7.13. The standard InChI is InChI=1S/C20H21N5O2S/c1-14-8-6-7-11-16(14)18-23-24-20(25(18)2)28-13-17(26)22-19(27)21-12-15-9-4-3-5-10-15/h3-11H,12-13H2,1-2H3,(H2,21,22,26,27). The second-order valence-electron chi connectivity index (χ2n) is 6.19. The van der Waals surface area contributed by atoms with Gasteiger partial charge in [0.1, 0.15) is 0 Å². The van der Waals surface area contributed by atoms with Crippen LogP contribution in [0.15, 0.2) is 59.8 Å². The number of carbonyl (C=O) groups excluding carboxylic acids is 2. The summed E-state index contributed by atoms with van der Waals surface area (Å²) in [6.45, 7) is 2.37. The van der Waals surface area contributed by atoms with E-state index in [-0.39, 0.29) is 5.75 Å². The highest BCUT2D eigenvalue weighted by molar-refractivity contribution is 7.99. The topological polar surface area (TPSA) is 88.9 Å². The fourth-order valence-corrected chi connectivity index (χ4v) is 3.33. The first-order valence-electron chi connectivity index (χ1n) is 8.74. The predicted octanol–water partition coefficient (Wildman–Crippen LogP) is 2.91. The molecular formula is C20H21N5O2S. The van der Waals surface area contributed by atoms with Gasteiger partial charge in [0.05, 0.1) is 5.75 Å². The highest BCUT2D eigenvalue weighted by atomic mass is 32.2. The lowest BCUT2D eigenvalue weighted by atomic mass is 10.1. The molecule has 28 heavy (non-hydrogen) atoms. The minimum absolute atomic E-state index is 0.0680. The number of aromatic nitrogens is 3. The molecule has 2 N–H and O–H groups in total. The van der Waals surface area contributed by atoms with Crippen LogP contribution in [0.25, 0.3) is 11.4 Å². The zero-order chi connectivity index (χ0) is 19.9. The predicted molar refractivity (Wildman–Crippen MR) is 109 cm³/mol. The van der Waals surface area contributed by atoms with Gasteiger partial charge in [-0.1, -0.05) is 66.4 Å². The lowest BCUT2D eigenvalue weighted by Crippen LogP contribution is -2.39. The number of carbonyl (C=O) groups is 2. The molecule has 0 saturated carbocycles. The molecule has 144 valence electrons. The van der Waals surface area contributed by atoms with Gasteiger partial charge in [-0.25, -0.2) is 4.79 Å². The van der Waals surface area contributed by atoms with E-state index < -0.39 is 11.9 Å². The summed E-state index contributed by atoms with van der Waals surface area (Å²) < 4.78 is 1.84. The number of aryl methyl sites for hydroxylation is 1. The van der Waals surface area contributed by atoms with Crippen LogP contribution in [0.1, 0.15) is 11.1 Å². The van der Waals surface area contributed by atoms with Crippen molar-refractivity contribution in [1.29, 1.82) is 0 Å². The Morgan fingerprint density at radius 3 is 2.50 bits per heavy atom. The van der Waals surface area contributed by atoms with Gasteiger partial charge >= 0.3 is 6.03 Å². The summed E-state index contributed by atoms with van der Waals surface area (Å²) >= 11 is 1.23. The number of rotatable bonds is 6. The van der Waals surface area contributed by atoms with Gasteiger partial charge in [-0.05, 0) is 18.1 Å². The van der Waals surface area contributed by atoms with E-state index in [0.29, 0.717) is 11.7 Å². The minimum atomic E-state index is -0.520. The summed E-state index contributed by atoms with van der Waals surface area (Å²) in [6, 6.07) is 16.9. The maximum absolute atomic E-state index is 12.0. The van der Waals surface area contributed by atoms with E-state index in [1.807, 2.05) is 73.1 Å². The highest BCUT2D eigenvalue weighted by Crippen LogP contribution is 2.24. The van der Waals surface area contributed by atoms with E-state index in [0.717, 1.165) is 22.5 Å². The first kappa shape index (κ1) is 19.6. The van der Waals surface area contributed by atoms with Crippen LogP contribution >= 0.6 is 11.8 Å². The maximum atomic E-state index is 12.0. The van der Waals surface area contributed by atoms with Gasteiger partial charge in [0.15, 0.2) is 11.0 Å². The van der Waals surface area contributed by atoms with Crippen LogP contribution in [0.2, 0.25) is 0 Å². The van der Waals surface area contributed by atoms with Crippen molar-refractivity contribution >= 4 is 23.7 Å². The quantitative estimate of drug-likeness (QED) is 0.627. The summed E-state index contributed by atoms with van der Waals surface area (Å²) in [5.74, 6) is 0.413. The molecule has 1 aromatic heterocycles. The van der Waals surface area contributed by atoms with Crippen LogP contribution in [-0.2, 0) is 18.4 Å². The van der Waals surface area contributed by atoms with Crippen LogP contribution in [0.4, 0.5) is 4.79 Å².